The molecule has 0 aliphatic heterocycles. The van der Waals surface area contributed by atoms with Crippen molar-refractivity contribution in [3.05, 3.63) is 59.7 Å². The number of nitrogens with one attached hydrogen (secondary N) is 1. The van der Waals surface area contributed by atoms with Crippen molar-refractivity contribution in [2.24, 2.45) is 0 Å². The number of para-hydroxylation sites is 1. The Morgan fingerprint density at radius 3 is 2.38 bits per heavy atom. The zero-order chi connectivity index (χ0) is 17.5. The summed E-state index contributed by atoms with van der Waals surface area (Å²) in [4.78, 5) is 24.3. The Labute approximate surface area is 141 Å². The highest BCUT2D eigenvalue weighted by molar-refractivity contribution is 5.97. The highest BCUT2D eigenvalue weighted by Gasteiger charge is 2.19. The summed E-state index contributed by atoms with van der Waals surface area (Å²) in [6, 6.07) is 14.0. The summed E-state index contributed by atoms with van der Waals surface area (Å²) in [6.07, 6.45) is -0.899. The Bertz CT molecular complexity index is 710. The minimum atomic E-state index is -0.899. The zero-order valence-corrected chi connectivity index (χ0v) is 14.0. The average Bonchev–Trinajstić information content (AvgIpc) is 2.57. The third-order valence-corrected chi connectivity index (χ3v) is 3.46. The van der Waals surface area contributed by atoms with Gasteiger partial charge in [0.1, 0.15) is 5.75 Å². The molecule has 0 unspecified atom stereocenters. The second kappa shape index (κ2) is 8.15. The van der Waals surface area contributed by atoms with Crippen molar-refractivity contribution >= 4 is 17.6 Å². The van der Waals surface area contributed by atoms with E-state index in [4.69, 9.17) is 9.47 Å². The van der Waals surface area contributed by atoms with Crippen LogP contribution in [0, 0.1) is 6.92 Å². The predicted molar refractivity (Wildman–Crippen MR) is 92.3 cm³/mol. The van der Waals surface area contributed by atoms with Crippen LogP contribution in [0.15, 0.2) is 48.5 Å². The fourth-order valence-electron chi connectivity index (χ4n) is 2.08. The highest BCUT2D eigenvalue weighted by Crippen LogP contribution is 2.15. The van der Waals surface area contributed by atoms with Crippen molar-refractivity contribution in [1.29, 1.82) is 0 Å². The molecule has 126 valence electrons. The van der Waals surface area contributed by atoms with Crippen LogP contribution in [0.5, 0.6) is 5.75 Å². The maximum absolute atomic E-state index is 12.2. The van der Waals surface area contributed by atoms with Gasteiger partial charge >= 0.3 is 5.97 Å². The van der Waals surface area contributed by atoms with Crippen LogP contribution in [0.2, 0.25) is 0 Å². The number of amides is 1. The van der Waals surface area contributed by atoms with Crippen molar-refractivity contribution in [2.45, 2.75) is 26.9 Å². The first-order valence-corrected chi connectivity index (χ1v) is 7.81. The molecule has 0 radical (unpaired) electrons. The van der Waals surface area contributed by atoms with E-state index in [0.717, 1.165) is 5.56 Å². The van der Waals surface area contributed by atoms with E-state index in [1.165, 1.54) is 0 Å². The highest BCUT2D eigenvalue weighted by atomic mass is 16.5. The second-order valence-corrected chi connectivity index (χ2v) is 5.31. The zero-order valence-electron chi connectivity index (χ0n) is 14.0. The number of hydrogen-bond acceptors (Lipinski definition) is 4. The number of hydrogen-bond donors (Lipinski definition) is 1. The standard InChI is InChI=1S/C19H21NO4/c1-4-23-16-11-9-15(10-12-16)19(22)24-14(3)18(21)20-17-8-6-5-7-13(17)2/h5-12,14H,4H2,1-3H3,(H,20,21)/t14-/m1/s1. The molecule has 0 heterocycles. The van der Waals surface area contributed by atoms with Crippen LogP contribution in [-0.2, 0) is 9.53 Å². The van der Waals surface area contributed by atoms with Gasteiger partial charge in [-0.15, -0.1) is 0 Å². The van der Waals surface area contributed by atoms with Crippen LogP contribution in [0.25, 0.3) is 0 Å². The van der Waals surface area contributed by atoms with Gasteiger partial charge in [-0.25, -0.2) is 4.79 Å². The fraction of sp³-hybridized carbons (Fsp3) is 0.263. The van der Waals surface area contributed by atoms with Crippen LogP contribution in [0.4, 0.5) is 5.69 Å². The molecule has 0 saturated carbocycles. The van der Waals surface area contributed by atoms with Crippen LogP contribution >= 0.6 is 0 Å². The number of carbonyl (C=O) groups is 2. The molecular weight excluding hydrogens is 306 g/mol. The summed E-state index contributed by atoms with van der Waals surface area (Å²) in [5.74, 6) is -0.242. The lowest BCUT2D eigenvalue weighted by Gasteiger charge is -2.14. The fourth-order valence-corrected chi connectivity index (χ4v) is 2.08. The monoisotopic (exact) mass is 327 g/mol. The summed E-state index contributed by atoms with van der Waals surface area (Å²) in [6.45, 7) is 5.88. The number of benzene rings is 2. The van der Waals surface area contributed by atoms with Crippen LogP contribution in [-0.4, -0.2) is 24.6 Å². The Hall–Kier alpha value is -2.82. The molecule has 0 fully saturated rings. The average molecular weight is 327 g/mol. The van der Waals surface area contributed by atoms with E-state index in [0.29, 0.717) is 23.6 Å². The first kappa shape index (κ1) is 17.5. The van der Waals surface area contributed by atoms with Crippen molar-refractivity contribution in [1.82, 2.24) is 0 Å². The first-order chi connectivity index (χ1) is 11.5. The van der Waals surface area contributed by atoms with E-state index in [-0.39, 0.29) is 5.91 Å². The summed E-state index contributed by atoms with van der Waals surface area (Å²) in [7, 11) is 0. The second-order valence-electron chi connectivity index (χ2n) is 5.31. The summed E-state index contributed by atoms with van der Waals surface area (Å²) >= 11 is 0. The third-order valence-electron chi connectivity index (χ3n) is 3.46. The SMILES string of the molecule is CCOc1ccc(C(=O)O[C@H](C)C(=O)Nc2ccccc2C)cc1. The van der Waals surface area contributed by atoms with Gasteiger partial charge in [-0.1, -0.05) is 18.2 Å². The van der Waals surface area contributed by atoms with Crippen molar-refractivity contribution in [3.63, 3.8) is 0 Å². The molecule has 0 aliphatic rings. The molecule has 0 spiro atoms. The molecule has 2 aromatic rings. The lowest BCUT2D eigenvalue weighted by Crippen LogP contribution is -2.30. The molecule has 1 amide bonds. The van der Waals surface area contributed by atoms with Gasteiger partial charge in [0.15, 0.2) is 6.10 Å². The molecule has 1 atom stereocenters. The van der Waals surface area contributed by atoms with E-state index in [1.54, 1.807) is 37.3 Å². The topological polar surface area (TPSA) is 64.6 Å². The molecule has 2 aromatic carbocycles. The minimum Gasteiger partial charge on any atom is -0.494 e. The third kappa shape index (κ3) is 4.59. The van der Waals surface area contributed by atoms with Gasteiger partial charge in [0.25, 0.3) is 5.91 Å². The lowest BCUT2D eigenvalue weighted by molar-refractivity contribution is -0.123. The van der Waals surface area contributed by atoms with Gasteiger partial charge in [0.05, 0.1) is 12.2 Å². The number of aryl methyl sites for hydroxylation is 1. The van der Waals surface area contributed by atoms with Gasteiger partial charge in [0, 0.05) is 5.69 Å². The lowest BCUT2D eigenvalue weighted by atomic mass is 10.2. The number of ether oxygens (including phenoxy) is 2. The molecule has 5 heteroatoms. The maximum atomic E-state index is 12.2. The minimum absolute atomic E-state index is 0.369. The quantitative estimate of drug-likeness (QED) is 0.824. The van der Waals surface area contributed by atoms with Crippen molar-refractivity contribution in [2.75, 3.05) is 11.9 Å². The number of rotatable bonds is 6. The number of esters is 1. The van der Waals surface area contributed by atoms with Gasteiger partial charge in [-0.05, 0) is 56.7 Å². The van der Waals surface area contributed by atoms with Gasteiger partial charge in [0.2, 0.25) is 0 Å². The molecule has 24 heavy (non-hydrogen) atoms. The van der Waals surface area contributed by atoms with Crippen LogP contribution in [0.3, 0.4) is 0 Å². The maximum Gasteiger partial charge on any atom is 0.338 e. The van der Waals surface area contributed by atoms with Gasteiger partial charge in [-0.2, -0.15) is 0 Å². The predicted octanol–water partition coefficient (Wildman–Crippen LogP) is 3.58. The Morgan fingerprint density at radius 1 is 1.08 bits per heavy atom. The summed E-state index contributed by atoms with van der Waals surface area (Å²) in [5.41, 5.74) is 2.01. The normalized spacial score (nSPS) is 11.5. The van der Waals surface area contributed by atoms with Crippen LogP contribution < -0.4 is 10.1 Å². The molecule has 0 aliphatic carbocycles. The van der Waals surface area contributed by atoms with E-state index < -0.39 is 12.1 Å². The molecule has 0 aromatic heterocycles. The van der Waals surface area contributed by atoms with Gasteiger partial charge in [-0.3, -0.25) is 4.79 Å². The van der Waals surface area contributed by atoms with Crippen molar-refractivity contribution in [3.8, 4) is 5.75 Å². The van der Waals surface area contributed by atoms with E-state index >= 15 is 0 Å². The Balaban J connectivity index is 1.95. The molecule has 2 rings (SSSR count). The molecule has 0 bridgehead atoms. The Kier molecular flexibility index (Phi) is 5.95. The summed E-state index contributed by atoms with van der Waals surface area (Å²) in [5, 5.41) is 2.76. The molecular formula is C19H21NO4. The number of anilines is 1. The van der Waals surface area contributed by atoms with Gasteiger partial charge < -0.3 is 14.8 Å². The largest absolute Gasteiger partial charge is 0.494 e. The number of carbonyl (C=O) groups excluding carboxylic acids is 2. The molecule has 0 saturated heterocycles. The van der Waals surface area contributed by atoms with E-state index in [2.05, 4.69) is 5.32 Å². The van der Waals surface area contributed by atoms with E-state index in [1.807, 2.05) is 32.0 Å². The summed E-state index contributed by atoms with van der Waals surface area (Å²) < 4.78 is 10.5. The van der Waals surface area contributed by atoms with Crippen molar-refractivity contribution < 1.29 is 19.1 Å². The molecule has 5 nitrogen and oxygen atoms in total. The smallest absolute Gasteiger partial charge is 0.338 e. The first-order valence-electron chi connectivity index (χ1n) is 7.81. The Morgan fingerprint density at radius 2 is 1.75 bits per heavy atom. The van der Waals surface area contributed by atoms with Crippen LogP contribution in [0.1, 0.15) is 29.8 Å². The van der Waals surface area contributed by atoms with E-state index in [9.17, 15) is 9.59 Å². The molecule has 1 N–H and O–H groups in total.